The first-order valence-corrected chi connectivity index (χ1v) is 20.5. The molecule has 3 heterocycles. The van der Waals surface area contributed by atoms with Gasteiger partial charge in [-0.1, -0.05) is 65.2 Å². The number of rotatable bonds is 9. The summed E-state index contributed by atoms with van der Waals surface area (Å²) in [4.78, 5) is 64.8. The van der Waals surface area contributed by atoms with Gasteiger partial charge in [0.2, 0.25) is 11.8 Å². The minimum atomic E-state index is -4.78. The van der Waals surface area contributed by atoms with Gasteiger partial charge < -0.3 is 19.9 Å². The summed E-state index contributed by atoms with van der Waals surface area (Å²) in [7, 11) is 2.76. The third-order valence-corrected chi connectivity index (χ3v) is 13.1. The molecule has 4 amide bonds. The number of fused-ring (bicyclic) bond motifs is 4. The van der Waals surface area contributed by atoms with Crippen molar-refractivity contribution in [2.45, 2.75) is 30.4 Å². The molecule has 2 saturated heterocycles. The zero-order valence-corrected chi connectivity index (χ0v) is 34.8. The highest BCUT2D eigenvalue weighted by molar-refractivity contribution is 6.33. The van der Waals surface area contributed by atoms with Gasteiger partial charge in [0.1, 0.15) is 17.2 Å². The molecule has 1 aromatic heterocycles. The van der Waals surface area contributed by atoms with Crippen LogP contribution in [0.25, 0.3) is 0 Å². The van der Waals surface area contributed by atoms with Crippen molar-refractivity contribution in [3.63, 3.8) is 0 Å². The topological polar surface area (TPSA) is 150 Å². The summed E-state index contributed by atoms with van der Waals surface area (Å²) < 4.78 is 52.1. The summed E-state index contributed by atoms with van der Waals surface area (Å²) in [5, 5.41) is 15.7. The number of amides is 4. The van der Waals surface area contributed by atoms with E-state index in [4.69, 9.17) is 32.7 Å². The number of methoxy groups -OCH3 is 2. The normalized spacial score (nSPS) is 24.1. The molecule has 17 heteroatoms. The molecule has 0 bridgehead atoms. The molecule has 6 unspecified atom stereocenters. The molecule has 2 aliphatic heterocycles. The van der Waals surface area contributed by atoms with Crippen molar-refractivity contribution in [2.75, 3.05) is 29.9 Å². The molecule has 9 rings (SSSR count). The first-order valence-electron chi connectivity index (χ1n) is 19.8. The Morgan fingerprint density at radius 1 is 0.841 bits per heavy atom. The molecule has 1 saturated carbocycles. The van der Waals surface area contributed by atoms with E-state index >= 15 is 9.59 Å². The number of hydrogen-bond acceptors (Lipinski definition) is 10. The molecule has 3 fully saturated rings. The average Bonchev–Trinajstić information content (AvgIpc) is 3.65. The van der Waals surface area contributed by atoms with E-state index in [1.54, 1.807) is 54.6 Å². The lowest BCUT2D eigenvalue weighted by Crippen LogP contribution is -2.53. The van der Waals surface area contributed by atoms with E-state index in [1.807, 2.05) is 30.3 Å². The molecule has 4 aliphatic rings. The Kier molecular flexibility index (Phi) is 10.4. The highest BCUT2D eigenvalue weighted by Crippen LogP contribution is 2.66. The van der Waals surface area contributed by atoms with E-state index in [9.17, 15) is 27.9 Å². The molecular formula is C46H36Cl2F3N5O7. The first kappa shape index (κ1) is 41.8. The summed E-state index contributed by atoms with van der Waals surface area (Å²) in [6, 6.07) is 26.1. The van der Waals surface area contributed by atoms with Crippen molar-refractivity contribution >= 4 is 69.7 Å². The lowest BCUT2D eigenvalue weighted by molar-refractivity contribution is -0.139. The largest absolute Gasteiger partial charge is 0.507 e. The molecular weight excluding hydrogens is 862 g/mol. The maximum atomic E-state index is 15.6. The third-order valence-electron chi connectivity index (χ3n) is 12.6. The van der Waals surface area contributed by atoms with E-state index in [-0.39, 0.29) is 35.7 Å². The highest BCUT2D eigenvalue weighted by atomic mass is 35.5. The summed E-state index contributed by atoms with van der Waals surface area (Å²) in [5.74, 6) is -8.30. The highest BCUT2D eigenvalue weighted by Gasteiger charge is 2.71. The van der Waals surface area contributed by atoms with E-state index in [0.717, 1.165) is 16.3 Å². The van der Waals surface area contributed by atoms with Gasteiger partial charge in [-0.05, 0) is 78.9 Å². The number of benzene rings is 4. The van der Waals surface area contributed by atoms with Crippen LogP contribution in [-0.2, 0) is 30.8 Å². The number of phenols is 1. The Bertz CT molecular complexity index is 2720. The number of nitrogens with zero attached hydrogens (tertiary/aromatic N) is 3. The zero-order valence-electron chi connectivity index (χ0n) is 33.3. The van der Waals surface area contributed by atoms with Crippen LogP contribution in [0.15, 0.2) is 115 Å². The lowest BCUT2D eigenvalue weighted by Gasteiger charge is -2.50. The number of imide groups is 2. The fourth-order valence-electron chi connectivity index (χ4n) is 9.90. The number of aromatic nitrogens is 1. The van der Waals surface area contributed by atoms with Crippen LogP contribution in [0, 0.1) is 23.7 Å². The van der Waals surface area contributed by atoms with Crippen LogP contribution in [0.5, 0.6) is 17.2 Å². The fraction of sp³-hybridized carbons (Fsp3) is 0.239. The number of allylic oxidation sites excluding steroid dienone is 2. The maximum absolute atomic E-state index is 15.6. The number of ether oxygens (including phenoxy) is 2. The van der Waals surface area contributed by atoms with Crippen molar-refractivity contribution in [3.05, 3.63) is 142 Å². The minimum Gasteiger partial charge on any atom is -0.507 e. The number of phenolic OH excluding ortho intramolecular Hbond substituents is 1. The monoisotopic (exact) mass is 897 g/mol. The van der Waals surface area contributed by atoms with Gasteiger partial charge in [-0.15, -0.1) is 0 Å². The van der Waals surface area contributed by atoms with Crippen LogP contribution < -0.4 is 25.1 Å². The second kappa shape index (κ2) is 15.6. The third kappa shape index (κ3) is 6.72. The molecule has 0 spiro atoms. The molecule has 5 aromatic rings. The summed E-state index contributed by atoms with van der Waals surface area (Å²) >= 11 is 12.7. The van der Waals surface area contributed by atoms with Gasteiger partial charge in [0, 0.05) is 46.2 Å². The predicted molar refractivity (Wildman–Crippen MR) is 227 cm³/mol. The van der Waals surface area contributed by atoms with Crippen LogP contribution in [0.3, 0.4) is 0 Å². The van der Waals surface area contributed by atoms with Crippen molar-refractivity contribution in [2.24, 2.45) is 23.7 Å². The number of para-hydroxylation sites is 1. The van der Waals surface area contributed by atoms with Gasteiger partial charge in [0.15, 0.2) is 5.82 Å². The van der Waals surface area contributed by atoms with Gasteiger partial charge in [-0.2, -0.15) is 18.2 Å². The van der Waals surface area contributed by atoms with E-state index in [1.165, 1.54) is 26.4 Å². The molecule has 3 N–H and O–H groups in total. The predicted octanol–water partition coefficient (Wildman–Crippen LogP) is 9.06. The molecule has 322 valence electrons. The van der Waals surface area contributed by atoms with E-state index < -0.39 is 81.2 Å². The molecule has 4 aromatic carbocycles. The molecule has 63 heavy (non-hydrogen) atoms. The first-order chi connectivity index (χ1) is 30.2. The van der Waals surface area contributed by atoms with Crippen LogP contribution >= 0.6 is 23.2 Å². The summed E-state index contributed by atoms with van der Waals surface area (Å²) in [5.41, 5.74) is 2.34. The van der Waals surface area contributed by atoms with Crippen molar-refractivity contribution in [3.8, 4) is 17.2 Å². The summed E-state index contributed by atoms with van der Waals surface area (Å²) in [6.45, 7) is 0. The Balaban J connectivity index is 1.19. The zero-order chi connectivity index (χ0) is 44.5. The van der Waals surface area contributed by atoms with Crippen molar-refractivity contribution in [1.82, 2.24) is 9.99 Å². The SMILES string of the molecule is COc1cc(O)c(C2C3=CCC4C(=O)N(c5ccc(Nc6ccccc6)cc5)C(=O)C4C3CC3C(=O)N(Nc4ncc(C(F)(F)F)cc4Cl)C(=O)C32c2ccc(Cl)cc2)c(OC)c1. The quantitative estimate of drug-likeness (QED) is 0.0966. The lowest BCUT2D eigenvalue weighted by atomic mass is 9.49. The maximum Gasteiger partial charge on any atom is 0.417 e. The number of anilines is 4. The van der Waals surface area contributed by atoms with Crippen LogP contribution in [0.2, 0.25) is 10.0 Å². The average molecular weight is 899 g/mol. The molecule has 12 nitrogen and oxygen atoms in total. The molecule has 6 atom stereocenters. The standard InChI is InChI=1S/C46H36Cl2F3N5O7/c1-62-29-19-35(57)38(36(20-29)63-2)39-30-16-17-31-37(43(60)55(41(31)58)28-14-12-27(13-15-28)53-26-6-4-3-5-7-26)32(30)21-33-42(59)56(44(61)45(33,39)23-8-10-25(47)11-9-23)54-40-34(48)18-24(22-52-40)46(49,50)51/h3-16,18-20,22,31-33,37,39,53,57H,17,21H2,1-2H3,(H,52,54). The number of halogens is 5. The van der Waals surface area contributed by atoms with Gasteiger partial charge >= 0.3 is 6.18 Å². The Hall–Kier alpha value is -6.58. The number of nitrogens with one attached hydrogen (secondary N) is 2. The number of pyridine rings is 1. The van der Waals surface area contributed by atoms with Crippen molar-refractivity contribution < 1.29 is 46.9 Å². The number of hydrogen-bond donors (Lipinski definition) is 3. The minimum absolute atomic E-state index is 0.0809. The van der Waals surface area contributed by atoms with Gasteiger partial charge in [0.25, 0.3) is 11.8 Å². The van der Waals surface area contributed by atoms with Gasteiger partial charge in [-0.3, -0.25) is 29.5 Å². The second-order valence-corrected chi connectivity index (χ2v) is 16.6. The van der Waals surface area contributed by atoms with Crippen LogP contribution in [0.4, 0.5) is 36.1 Å². The van der Waals surface area contributed by atoms with Crippen LogP contribution in [0.1, 0.15) is 35.4 Å². The number of hydrazine groups is 1. The fourth-order valence-corrected chi connectivity index (χ4v) is 10.2. The van der Waals surface area contributed by atoms with E-state index in [0.29, 0.717) is 39.1 Å². The number of carbonyl (C=O) groups excluding carboxylic acids is 4. The smallest absolute Gasteiger partial charge is 0.417 e. The second-order valence-electron chi connectivity index (χ2n) is 15.7. The Labute approximate surface area is 368 Å². The van der Waals surface area contributed by atoms with Gasteiger partial charge in [-0.25, -0.2) is 4.98 Å². The Morgan fingerprint density at radius 3 is 2.19 bits per heavy atom. The number of alkyl halides is 3. The van der Waals surface area contributed by atoms with Gasteiger partial charge in [0.05, 0.1) is 53.7 Å². The summed E-state index contributed by atoms with van der Waals surface area (Å²) in [6.07, 6.45) is -2.51. The van der Waals surface area contributed by atoms with Crippen LogP contribution in [-0.4, -0.2) is 52.9 Å². The van der Waals surface area contributed by atoms with E-state index in [2.05, 4.69) is 15.7 Å². The molecule has 0 radical (unpaired) electrons. The number of carbonyl (C=O) groups is 4. The van der Waals surface area contributed by atoms with Crippen molar-refractivity contribution in [1.29, 1.82) is 0 Å². The Morgan fingerprint density at radius 2 is 1.54 bits per heavy atom. The molecule has 2 aliphatic carbocycles. The number of aromatic hydroxyl groups is 1.